The standard InChI is InChI=1S/C16H33NO/c1-7-18-12-14-10-16(5,6)9-8-13(14)11-17-15(2,3)4/h13-14,17H,7-12H2,1-6H3. The smallest absolute Gasteiger partial charge is 0.0497 e. The maximum atomic E-state index is 5.70. The molecular weight excluding hydrogens is 222 g/mol. The number of ether oxygens (including phenoxy) is 1. The minimum absolute atomic E-state index is 0.225. The summed E-state index contributed by atoms with van der Waals surface area (Å²) in [5.74, 6) is 1.51. The zero-order chi connectivity index (χ0) is 13.8. The summed E-state index contributed by atoms with van der Waals surface area (Å²) in [5.41, 5.74) is 0.725. The molecule has 1 aliphatic rings. The molecule has 1 N–H and O–H groups in total. The van der Waals surface area contributed by atoms with Crippen LogP contribution in [0.1, 0.15) is 60.8 Å². The summed E-state index contributed by atoms with van der Waals surface area (Å²) in [4.78, 5) is 0. The number of nitrogens with one attached hydrogen (secondary N) is 1. The Labute approximate surface area is 114 Å². The molecule has 1 rings (SSSR count). The number of hydrogen-bond acceptors (Lipinski definition) is 2. The lowest BCUT2D eigenvalue weighted by atomic mass is 9.67. The average molecular weight is 255 g/mol. The van der Waals surface area contributed by atoms with Crippen molar-refractivity contribution in [3.05, 3.63) is 0 Å². The molecule has 0 aromatic carbocycles. The molecule has 2 nitrogen and oxygen atoms in total. The van der Waals surface area contributed by atoms with Crippen molar-refractivity contribution < 1.29 is 4.74 Å². The van der Waals surface area contributed by atoms with E-state index in [1.165, 1.54) is 19.3 Å². The molecule has 0 radical (unpaired) electrons. The van der Waals surface area contributed by atoms with Crippen molar-refractivity contribution in [1.29, 1.82) is 0 Å². The van der Waals surface area contributed by atoms with Crippen LogP contribution in [0.25, 0.3) is 0 Å². The van der Waals surface area contributed by atoms with Gasteiger partial charge in [-0.3, -0.25) is 0 Å². The zero-order valence-corrected chi connectivity index (χ0v) is 13.3. The Hall–Kier alpha value is -0.0800. The van der Waals surface area contributed by atoms with Gasteiger partial charge < -0.3 is 10.1 Å². The lowest BCUT2D eigenvalue weighted by molar-refractivity contribution is 0.0277. The summed E-state index contributed by atoms with van der Waals surface area (Å²) in [6.07, 6.45) is 4.00. The summed E-state index contributed by atoms with van der Waals surface area (Å²) in [5, 5.41) is 3.67. The van der Waals surface area contributed by atoms with Gasteiger partial charge in [0, 0.05) is 18.8 Å². The van der Waals surface area contributed by atoms with E-state index in [-0.39, 0.29) is 5.54 Å². The van der Waals surface area contributed by atoms with Crippen molar-refractivity contribution in [3.63, 3.8) is 0 Å². The van der Waals surface area contributed by atoms with Gasteiger partial charge in [0.2, 0.25) is 0 Å². The fraction of sp³-hybridized carbons (Fsp3) is 1.00. The van der Waals surface area contributed by atoms with Crippen molar-refractivity contribution in [2.75, 3.05) is 19.8 Å². The largest absolute Gasteiger partial charge is 0.381 e. The predicted molar refractivity (Wildman–Crippen MR) is 78.9 cm³/mol. The van der Waals surface area contributed by atoms with E-state index in [0.29, 0.717) is 5.41 Å². The van der Waals surface area contributed by atoms with E-state index in [1.54, 1.807) is 0 Å². The van der Waals surface area contributed by atoms with E-state index in [1.807, 2.05) is 0 Å². The molecule has 1 saturated carbocycles. The van der Waals surface area contributed by atoms with Gasteiger partial charge in [0.1, 0.15) is 0 Å². The zero-order valence-electron chi connectivity index (χ0n) is 13.3. The van der Waals surface area contributed by atoms with Crippen molar-refractivity contribution >= 4 is 0 Å². The summed E-state index contributed by atoms with van der Waals surface area (Å²) in [6.45, 7) is 16.6. The molecule has 0 heterocycles. The van der Waals surface area contributed by atoms with Gasteiger partial charge in [-0.25, -0.2) is 0 Å². The number of hydrogen-bond donors (Lipinski definition) is 1. The lowest BCUT2D eigenvalue weighted by Crippen LogP contribution is -2.44. The van der Waals surface area contributed by atoms with Crippen LogP contribution in [-0.4, -0.2) is 25.3 Å². The molecular formula is C16H33NO. The highest BCUT2D eigenvalue weighted by atomic mass is 16.5. The maximum Gasteiger partial charge on any atom is 0.0497 e. The van der Waals surface area contributed by atoms with Gasteiger partial charge in [-0.05, 0) is 70.8 Å². The van der Waals surface area contributed by atoms with Gasteiger partial charge >= 0.3 is 0 Å². The lowest BCUT2D eigenvalue weighted by Gasteiger charge is -2.41. The van der Waals surface area contributed by atoms with Crippen LogP contribution in [-0.2, 0) is 4.74 Å². The van der Waals surface area contributed by atoms with Gasteiger partial charge in [0.25, 0.3) is 0 Å². The molecule has 0 aliphatic heterocycles. The number of rotatable bonds is 5. The third-order valence-electron chi connectivity index (χ3n) is 4.10. The van der Waals surface area contributed by atoms with E-state index < -0.39 is 0 Å². The van der Waals surface area contributed by atoms with Crippen LogP contribution in [0.15, 0.2) is 0 Å². The second kappa shape index (κ2) is 6.38. The Balaban J connectivity index is 2.52. The quantitative estimate of drug-likeness (QED) is 0.805. The third-order valence-corrected chi connectivity index (χ3v) is 4.10. The minimum atomic E-state index is 0.225. The SMILES string of the molecule is CCOCC1CC(C)(C)CCC1CNC(C)(C)C. The van der Waals surface area contributed by atoms with Gasteiger partial charge in [-0.1, -0.05) is 13.8 Å². The first kappa shape index (κ1) is 16.0. The molecule has 18 heavy (non-hydrogen) atoms. The van der Waals surface area contributed by atoms with Crippen LogP contribution < -0.4 is 5.32 Å². The third kappa shape index (κ3) is 5.71. The predicted octanol–water partition coefficient (Wildman–Crippen LogP) is 3.85. The van der Waals surface area contributed by atoms with Gasteiger partial charge in [-0.15, -0.1) is 0 Å². The van der Waals surface area contributed by atoms with Crippen LogP contribution in [0.2, 0.25) is 0 Å². The molecule has 1 aliphatic carbocycles. The molecule has 2 atom stereocenters. The first-order valence-electron chi connectivity index (χ1n) is 7.56. The van der Waals surface area contributed by atoms with Gasteiger partial charge in [-0.2, -0.15) is 0 Å². The summed E-state index contributed by atoms with van der Waals surface area (Å²) < 4.78 is 5.70. The monoisotopic (exact) mass is 255 g/mol. The molecule has 1 fully saturated rings. The molecule has 108 valence electrons. The van der Waals surface area contributed by atoms with Gasteiger partial charge in [0.05, 0.1) is 0 Å². The highest BCUT2D eigenvalue weighted by Crippen LogP contribution is 2.41. The Morgan fingerprint density at radius 1 is 1.22 bits per heavy atom. The van der Waals surface area contributed by atoms with Crippen molar-refractivity contribution in [1.82, 2.24) is 5.32 Å². The molecule has 0 spiro atoms. The molecule has 0 saturated heterocycles. The van der Waals surface area contributed by atoms with Gasteiger partial charge in [0.15, 0.2) is 0 Å². The second-order valence-electron chi connectivity index (χ2n) is 7.72. The van der Waals surface area contributed by atoms with Crippen molar-refractivity contribution in [2.45, 2.75) is 66.3 Å². The molecule has 2 heteroatoms. The fourth-order valence-electron chi connectivity index (χ4n) is 2.96. The minimum Gasteiger partial charge on any atom is -0.381 e. The molecule has 0 amide bonds. The molecule has 0 aromatic rings. The average Bonchev–Trinajstić information content (AvgIpc) is 2.22. The molecule has 2 unspecified atom stereocenters. The van der Waals surface area contributed by atoms with E-state index in [0.717, 1.165) is 31.6 Å². The van der Waals surface area contributed by atoms with Crippen LogP contribution in [0.3, 0.4) is 0 Å². The Morgan fingerprint density at radius 3 is 2.44 bits per heavy atom. The first-order chi connectivity index (χ1) is 8.23. The van der Waals surface area contributed by atoms with Crippen LogP contribution >= 0.6 is 0 Å². The van der Waals surface area contributed by atoms with Crippen LogP contribution in [0.4, 0.5) is 0 Å². The Kier molecular flexibility index (Phi) is 5.67. The van der Waals surface area contributed by atoms with Crippen LogP contribution in [0, 0.1) is 17.3 Å². The molecule has 0 bridgehead atoms. The maximum absolute atomic E-state index is 5.70. The fourth-order valence-corrected chi connectivity index (χ4v) is 2.96. The summed E-state index contributed by atoms with van der Waals surface area (Å²) in [6, 6.07) is 0. The Morgan fingerprint density at radius 2 is 1.89 bits per heavy atom. The van der Waals surface area contributed by atoms with Crippen molar-refractivity contribution in [3.8, 4) is 0 Å². The topological polar surface area (TPSA) is 21.3 Å². The highest BCUT2D eigenvalue weighted by molar-refractivity contribution is 4.87. The summed E-state index contributed by atoms with van der Waals surface area (Å²) in [7, 11) is 0. The highest BCUT2D eigenvalue weighted by Gasteiger charge is 2.35. The van der Waals surface area contributed by atoms with Crippen LogP contribution in [0.5, 0.6) is 0 Å². The Bertz CT molecular complexity index is 242. The second-order valence-corrected chi connectivity index (χ2v) is 7.72. The normalized spacial score (nSPS) is 28.3. The van der Waals surface area contributed by atoms with E-state index in [9.17, 15) is 0 Å². The summed E-state index contributed by atoms with van der Waals surface area (Å²) >= 11 is 0. The first-order valence-corrected chi connectivity index (χ1v) is 7.56. The van der Waals surface area contributed by atoms with E-state index >= 15 is 0 Å². The molecule has 0 aromatic heterocycles. The van der Waals surface area contributed by atoms with E-state index in [4.69, 9.17) is 4.74 Å². The van der Waals surface area contributed by atoms with E-state index in [2.05, 4.69) is 46.9 Å². The van der Waals surface area contributed by atoms with Crippen molar-refractivity contribution in [2.24, 2.45) is 17.3 Å².